The molecule has 0 fully saturated rings. The van der Waals surface area contributed by atoms with Crippen LogP contribution in [0.4, 0.5) is 0 Å². The van der Waals surface area contributed by atoms with Gasteiger partial charge in [-0.1, -0.05) is 0 Å². The molecule has 148 valence electrons. The van der Waals surface area contributed by atoms with Gasteiger partial charge in [0, 0.05) is 62.4 Å². The van der Waals surface area contributed by atoms with Gasteiger partial charge in [0.05, 0.1) is 22.8 Å². The van der Waals surface area contributed by atoms with Crippen LogP contribution in [0.1, 0.15) is 22.8 Å². The van der Waals surface area contributed by atoms with E-state index in [1.807, 2.05) is 48.6 Å². The zero-order valence-electron chi connectivity index (χ0n) is 16.0. The van der Waals surface area contributed by atoms with Crippen molar-refractivity contribution >= 4 is 57.2 Å². The van der Waals surface area contributed by atoms with Gasteiger partial charge in [-0.15, -0.1) is 0 Å². The van der Waals surface area contributed by atoms with E-state index in [2.05, 4.69) is 44.2 Å². The molecule has 0 saturated carbocycles. The fourth-order valence-corrected chi connectivity index (χ4v) is 2.94. The Morgan fingerprint density at radius 3 is 1.10 bits per heavy atom. The van der Waals surface area contributed by atoms with Crippen LogP contribution in [0.2, 0.25) is 0 Å². The first-order chi connectivity index (χ1) is 13.5. The number of H-pyrrole nitrogens is 2. The summed E-state index contributed by atoms with van der Waals surface area (Å²) in [5.74, 6) is 0. The molecule has 0 aliphatic carbocycles. The molecule has 3 aromatic heterocycles. The molecule has 2 aliphatic rings. The van der Waals surface area contributed by atoms with E-state index < -0.39 is 10.8 Å². The van der Waals surface area contributed by atoms with Crippen LogP contribution in [0.3, 0.4) is 0 Å². The normalized spacial score (nSPS) is 11.7. The molecule has 5 rings (SSSR count). The summed E-state index contributed by atoms with van der Waals surface area (Å²) in [5, 5.41) is 0. The number of nitrogens with zero attached hydrogens (tertiary/aromatic N) is 2. The second-order valence-corrected chi connectivity index (χ2v) is 8.13. The molecule has 0 radical (unpaired) electrons. The van der Waals surface area contributed by atoms with Crippen LogP contribution < -0.4 is 0 Å². The van der Waals surface area contributed by atoms with Gasteiger partial charge >= 0.3 is 0 Å². The fourth-order valence-electron chi connectivity index (χ4n) is 2.94. The van der Waals surface area contributed by atoms with Crippen LogP contribution in [0, 0.1) is 0 Å². The summed E-state index contributed by atoms with van der Waals surface area (Å²) in [6.45, 7) is 0. The van der Waals surface area contributed by atoms with E-state index in [9.17, 15) is 4.21 Å². The van der Waals surface area contributed by atoms with Crippen LogP contribution in [0.5, 0.6) is 0 Å². The summed E-state index contributed by atoms with van der Waals surface area (Å²) >= 11 is 0. The predicted molar refractivity (Wildman–Crippen MR) is 119 cm³/mol. The first kappa shape index (κ1) is 21.0. The van der Waals surface area contributed by atoms with Gasteiger partial charge in [-0.25, -0.2) is 9.97 Å². The first-order valence-electron chi connectivity index (χ1n) is 8.83. The minimum absolute atomic E-state index is 0. The van der Waals surface area contributed by atoms with Crippen molar-refractivity contribution in [1.82, 2.24) is 19.9 Å². The predicted octanol–water partition coefficient (Wildman–Crippen LogP) is 4.65. The summed E-state index contributed by atoms with van der Waals surface area (Å²) in [6, 6.07) is 16.4. The SMILES string of the molecule is C1=Cc2cc3ccc(cc4nc(cc5ccc(cc1n2)[nH]5)C=C4)[nH]3.CS(C)=O.[Fe]. The number of aromatic amines is 2. The zero-order valence-corrected chi connectivity index (χ0v) is 17.9. The topological polar surface area (TPSA) is 74.4 Å². The van der Waals surface area contributed by atoms with Gasteiger partial charge in [0.15, 0.2) is 0 Å². The van der Waals surface area contributed by atoms with Gasteiger partial charge in [-0.2, -0.15) is 0 Å². The second kappa shape index (κ2) is 9.18. The summed E-state index contributed by atoms with van der Waals surface area (Å²) in [6.07, 6.45) is 11.4. The third-order valence-electron chi connectivity index (χ3n) is 4.04. The average Bonchev–Trinajstić information content (AvgIpc) is 3.39. The van der Waals surface area contributed by atoms with Crippen molar-refractivity contribution in [1.29, 1.82) is 0 Å². The second-order valence-electron chi connectivity index (χ2n) is 6.65. The number of hydrogen-bond acceptors (Lipinski definition) is 3. The van der Waals surface area contributed by atoms with E-state index in [1.165, 1.54) is 0 Å². The van der Waals surface area contributed by atoms with E-state index in [1.54, 1.807) is 12.5 Å². The first-order valence-corrected chi connectivity index (χ1v) is 10.8. The maximum atomic E-state index is 9.56. The molecule has 3 aromatic rings. The molecule has 0 atom stereocenters. The third-order valence-corrected chi connectivity index (χ3v) is 4.04. The van der Waals surface area contributed by atoms with Crippen LogP contribution in [-0.4, -0.2) is 36.7 Å². The Balaban J connectivity index is 0.000000443. The fraction of sp³-hybridized carbons (Fsp3) is 0.0909. The summed E-state index contributed by atoms with van der Waals surface area (Å²) < 4.78 is 9.56. The number of hydrogen-bond donors (Lipinski definition) is 2. The van der Waals surface area contributed by atoms with E-state index >= 15 is 0 Å². The Morgan fingerprint density at radius 1 is 0.621 bits per heavy atom. The van der Waals surface area contributed by atoms with Crippen molar-refractivity contribution < 1.29 is 21.3 Å². The van der Waals surface area contributed by atoms with Crippen LogP contribution in [-0.2, 0) is 27.9 Å². The maximum Gasteiger partial charge on any atom is 0.0658 e. The monoisotopic (exact) mass is 444 g/mol. The van der Waals surface area contributed by atoms with Gasteiger partial charge < -0.3 is 9.97 Å². The Labute approximate surface area is 182 Å². The van der Waals surface area contributed by atoms with Crippen molar-refractivity contribution in [3.05, 3.63) is 71.3 Å². The molecular weight excluding hydrogens is 424 g/mol. The smallest absolute Gasteiger partial charge is 0.0658 e. The number of fused-ring (bicyclic) bond motifs is 8. The largest absolute Gasteiger partial charge is 0.355 e. The van der Waals surface area contributed by atoms with E-state index in [0.717, 1.165) is 44.8 Å². The molecule has 2 N–H and O–H groups in total. The molecule has 29 heavy (non-hydrogen) atoms. The van der Waals surface area contributed by atoms with E-state index in [-0.39, 0.29) is 17.1 Å². The molecule has 5 heterocycles. The molecule has 0 spiro atoms. The Bertz CT molecular complexity index is 1090. The maximum absolute atomic E-state index is 9.56. The quantitative estimate of drug-likeness (QED) is 0.342. The minimum atomic E-state index is -0.611. The molecule has 0 saturated heterocycles. The number of rotatable bonds is 0. The third kappa shape index (κ3) is 5.64. The Kier molecular flexibility index (Phi) is 6.64. The van der Waals surface area contributed by atoms with Crippen LogP contribution >= 0.6 is 0 Å². The van der Waals surface area contributed by atoms with Crippen molar-refractivity contribution in [2.75, 3.05) is 12.5 Å². The molecule has 7 heteroatoms. The zero-order chi connectivity index (χ0) is 19.5. The summed E-state index contributed by atoms with van der Waals surface area (Å²) in [7, 11) is -0.611. The Morgan fingerprint density at radius 2 is 0.862 bits per heavy atom. The van der Waals surface area contributed by atoms with Crippen molar-refractivity contribution in [3.63, 3.8) is 0 Å². The molecule has 0 unspecified atom stereocenters. The van der Waals surface area contributed by atoms with Crippen LogP contribution in [0.15, 0.2) is 48.5 Å². The van der Waals surface area contributed by atoms with Gasteiger partial charge in [0.2, 0.25) is 0 Å². The molecule has 2 aliphatic heterocycles. The number of nitrogens with one attached hydrogen (secondary N) is 2. The van der Waals surface area contributed by atoms with Gasteiger partial charge in [0.1, 0.15) is 0 Å². The van der Waals surface area contributed by atoms with Crippen molar-refractivity contribution in [2.24, 2.45) is 0 Å². The van der Waals surface area contributed by atoms with Gasteiger partial charge in [0.25, 0.3) is 0 Å². The summed E-state index contributed by atoms with van der Waals surface area (Å²) in [4.78, 5) is 16.0. The molecule has 0 aromatic carbocycles. The van der Waals surface area contributed by atoms with Crippen molar-refractivity contribution in [3.8, 4) is 0 Å². The summed E-state index contributed by atoms with van der Waals surface area (Å²) in [5.41, 5.74) is 7.86. The standard InChI is InChI=1S/C20H14N4.C2H6OS.Fe/c1-2-14-10-16-5-6-18(23-16)12-20-8-7-19(24-20)11-17-4-3-15(22-17)9-13(1)21-14;1-4(2)3;/h1-12,21,24H;1-2H3;. The molecule has 5 nitrogen and oxygen atoms in total. The minimum Gasteiger partial charge on any atom is -0.355 e. The average molecular weight is 444 g/mol. The number of aromatic nitrogens is 4. The van der Waals surface area contributed by atoms with Crippen LogP contribution in [0.25, 0.3) is 46.4 Å². The molecule has 0 amide bonds. The van der Waals surface area contributed by atoms with Gasteiger partial charge in [-0.05, 0) is 72.8 Å². The Hall–Kier alpha value is -2.73. The van der Waals surface area contributed by atoms with Crippen molar-refractivity contribution in [2.45, 2.75) is 0 Å². The van der Waals surface area contributed by atoms with E-state index in [4.69, 9.17) is 0 Å². The molecule has 8 bridgehead atoms. The van der Waals surface area contributed by atoms with E-state index in [0.29, 0.717) is 0 Å². The van der Waals surface area contributed by atoms with Gasteiger partial charge in [-0.3, -0.25) is 4.21 Å². The molecular formula is C22H20FeN4OS.